The smallest absolute Gasteiger partial charge is 0.195 e. The van der Waals surface area contributed by atoms with E-state index in [4.69, 9.17) is 12.2 Å². The minimum atomic E-state index is -0.779. The molecule has 0 aliphatic rings. The summed E-state index contributed by atoms with van der Waals surface area (Å²) in [5.41, 5.74) is 0.576. The quantitative estimate of drug-likeness (QED) is 0.819. The normalized spacial score (nSPS) is 13.6. The summed E-state index contributed by atoms with van der Waals surface area (Å²) in [5.74, 6) is 0.540. The molecule has 96 valence electrons. The van der Waals surface area contributed by atoms with Crippen LogP contribution in [0.25, 0.3) is 0 Å². The Hall–Kier alpha value is -1.46. The molecule has 0 aliphatic carbocycles. The predicted molar refractivity (Wildman–Crippen MR) is 72.9 cm³/mol. The van der Waals surface area contributed by atoms with Crippen LogP contribution in [0.5, 0.6) is 0 Å². The molecule has 1 unspecified atom stereocenters. The number of H-pyrrole nitrogens is 1. The van der Waals surface area contributed by atoms with E-state index in [1.165, 1.54) is 0 Å². The largest absolute Gasteiger partial charge is 0.380 e. The molecule has 5 heteroatoms. The topological polar surface area (TPSA) is 53.8 Å². The maximum absolute atomic E-state index is 10.4. The van der Waals surface area contributed by atoms with E-state index in [1.54, 1.807) is 0 Å². The molecule has 1 atom stereocenters. The summed E-state index contributed by atoms with van der Waals surface area (Å²) in [4.78, 5) is 0. The van der Waals surface area contributed by atoms with Crippen molar-refractivity contribution < 1.29 is 5.11 Å². The first-order valence-corrected chi connectivity index (χ1v) is 6.23. The number of hydrogen-bond donors (Lipinski definition) is 2. The van der Waals surface area contributed by atoms with Crippen molar-refractivity contribution in [2.45, 2.75) is 32.4 Å². The van der Waals surface area contributed by atoms with Crippen LogP contribution in [0, 0.1) is 4.77 Å². The third-order valence-corrected chi connectivity index (χ3v) is 3.00. The maximum Gasteiger partial charge on any atom is 0.195 e. The van der Waals surface area contributed by atoms with Crippen LogP contribution in [0.2, 0.25) is 0 Å². The van der Waals surface area contributed by atoms with Crippen LogP contribution in [-0.4, -0.2) is 19.9 Å². The molecule has 4 nitrogen and oxygen atoms in total. The van der Waals surface area contributed by atoms with E-state index < -0.39 is 6.10 Å². The van der Waals surface area contributed by atoms with Gasteiger partial charge in [0.05, 0.1) is 0 Å². The lowest BCUT2D eigenvalue weighted by Gasteiger charge is -2.24. The summed E-state index contributed by atoms with van der Waals surface area (Å²) in [7, 11) is 0. The lowest BCUT2D eigenvalue weighted by Crippen LogP contribution is -2.26. The fourth-order valence-corrected chi connectivity index (χ4v) is 2.34. The van der Waals surface area contributed by atoms with Crippen molar-refractivity contribution in [1.82, 2.24) is 14.8 Å². The molecule has 0 fully saturated rings. The summed E-state index contributed by atoms with van der Waals surface area (Å²) in [6.45, 7) is 6.08. The van der Waals surface area contributed by atoms with Gasteiger partial charge in [-0.05, 0) is 38.6 Å². The van der Waals surface area contributed by atoms with Gasteiger partial charge in [-0.25, -0.2) is 0 Å². The highest BCUT2D eigenvalue weighted by Gasteiger charge is 2.24. The Balaban J connectivity index is 2.50. The first-order valence-electron chi connectivity index (χ1n) is 5.82. The van der Waals surface area contributed by atoms with Crippen molar-refractivity contribution in [2.24, 2.45) is 0 Å². The number of nitrogens with zero attached hydrogens (tertiary/aromatic N) is 2. The van der Waals surface area contributed by atoms with Crippen molar-refractivity contribution >= 4 is 12.2 Å². The summed E-state index contributed by atoms with van der Waals surface area (Å²) in [6.07, 6.45) is -0.779. The van der Waals surface area contributed by atoms with E-state index in [0.717, 1.165) is 5.56 Å². The van der Waals surface area contributed by atoms with Crippen LogP contribution in [0.3, 0.4) is 0 Å². The Morgan fingerprint density at radius 1 is 1.28 bits per heavy atom. The molecule has 0 radical (unpaired) electrons. The van der Waals surface area contributed by atoms with E-state index in [2.05, 4.69) is 10.2 Å². The Bertz CT molecular complexity index is 580. The fraction of sp³-hybridized carbons (Fsp3) is 0.385. The number of aromatic amines is 1. The number of aliphatic hydroxyl groups excluding tert-OH is 1. The van der Waals surface area contributed by atoms with Crippen LogP contribution in [0.4, 0.5) is 0 Å². The highest BCUT2D eigenvalue weighted by atomic mass is 32.1. The molecule has 2 N–H and O–H groups in total. The van der Waals surface area contributed by atoms with Gasteiger partial charge in [-0.1, -0.05) is 30.3 Å². The highest BCUT2D eigenvalue weighted by molar-refractivity contribution is 7.71. The molecule has 0 aliphatic heterocycles. The van der Waals surface area contributed by atoms with Gasteiger partial charge in [0.15, 0.2) is 10.6 Å². The van der Waals surface area contributed by atoms with Crippen molar-refractivity contribution in [1.29, 1.82) is 0 Å². The molecule has 0 saturated heterocycles. The molecule has 2 rings (SSSR count). The summed E-state index contributed by atoms with van der Waals surface area (Å²) >= 11 is 5.22. The van der Waals surface area contributed by atoms with Crippen molar-refractivity contribution in [3.05, 3.63) is 46.5 Å². The minimum absolute atomic E-state index is 0.227. The van der Waals surface area contributed by atoms with Gasteiger partial charge in [0.1, 0.15) is 6.10 Å². The van der Waals surface area contributed by atoms with Gasteiger partial charge in [0.25, 0.3) is 0 Å². The van der Waals surface area contributed by atoms with Crippen molar-refractivity contribution in [2.75, 3.05) is 0 Å². The van der Waals surface area contributed by atoms with E-state index in [9.17, 15) is 5.11 Å². The van der Waals surface area contributed by atoms with Crippen LogP contribution >= 0.6 is 12.2 Å². The van der Waals surface area contributed by atoms with Gasteiger partial charge < -0.3 is 5.11 Å². The number of hydrogen-bond acceptors (Lipinski definition) is 3. The molecule has 0 spiro atoms. The standard InChI is InChI=1S/C13H17N3OS/c1-13(2,3)16-11(14-15-12(16)18)10(17)9-7-5-4-6-8-9/h4-8,10,17H,1-3H3,(H,15,18). The summed E-state index contributed by atoms with van der Waals surface area (Å²) in [6, 6.07) is 9.43. The van der Waals surface area contributed by atoms with Gasteiger partial charge in [-0.3, -0.25) is 9.67 Å². The Kier molecular flexibility index (Phi) is 3.36. The third-order valence-electron chi connectivity index (χ3n) is 2.73. The number of aromatic nitrogens is 3. The zero-order chi connectivity index (χ0) is 13.3. The average Bonchev–Trinajstić information content (AvgIpc) is 2.71. The van der Waals surface area contributed by atoms with Gasteiger partial charge in [0.2, 0.25) is 0 Å². The highest BCUT2D eigenvalue weighted by Crippen LogP contribution is 2.25. The maximum atomic E-state index is 10.4. The molecule has 1 aromatic carbocycles. The second-order valence-electron chi connectivity index (χ2n) is 5.21. The zero-order valence-electron chi connectivity index (χ0n) is 10.7. The lowest BCUT2D eigenvalue weighted by molar-refractivity contribution is 0.193. The van der Waals surface area contributed by atoms with Gasteiger partial charge in [-0.2, -0.15) is 5.10 Å². The minimum Gasteiger partial charge on any atom is -0.380 e. The third kappa shape index (κ3) is 2.37. The van der Waals surface area contributed by atoms with E-state index in [1.807, 2.05) is 55.7 Å². The van der Waals surface area contributed by atoms with Gasteiger partial charge >= 0.3 is 0 Å². The SMILES string of the molecule is CC(C)(C)n1c(C(O)c2ccccc2)n[nH]c1=S. The van der Waals surface area contributed by atoms with E-state index in [0.29, 0.717) is 10.6 Å². The van der Waals surface area contributed by atoms with E-state index >= 15 is 0 Å². The average molecular weight is 263 g/mol. The Labute approximate surface area is 111 Å². The molecule has 0 amide bonds. The van der Waals surface area contributed by atoms with Crippen LogP contribution in [0.1, 0.15) is 38.3 Å². The van der Waals surface area contributed by atoms with Crippen molar-refractivity contribution in [3.8, 4) is 0 Å². The monoisotopic (exact) mass is 263 g/mol. The number of aliphatic hydroxyl groups is 1. The second kappa shape index (κ2) is 4.66. The lowest BCUT2D eigenvalue weighted by atomic mass is 10.1. The predicted octanol–water partition coefficient (Wildman–Crippen LogP) is 2.78. The molecule has 1 aromatic heterocycles. The Morgan fingerprint density at radius 2 is 1.89 bits per heavy atom. The van der Waals surface area contributed by atoms with Gasteiger partial charge in [-0.15, -0.1) is 0 Å². The first kappa shape index (κ1) is 13.0. The molecule has 1 heterocycles. The van der Waals surface area contributed by atoms with Crippen LogP contribution < -0.4 is 0 Å². The first-order chi connectivity index (χ1) is 8.41. The summed E-state index contributed by atoms with van der Waals surface area (Å²) in [5, 5.41) is 17.3. The zero-order valence-corrected chi connectivity index (χ0v) is 11.5. The summed E-state index contributed by atoms with van der Waals surface area (Å²) < 4.78 is 2.37. The van der Waals surface area contributed by atoms with Crippen LogP contribution in [0.15, 0.2) is 30.3 Å². The number of nitrogens with one attached hydrogen (secondary N) is 1. The molecule has 18 heavy (non-hydrogen) atoms. The number of rotatable bonds is 2. The second-order valence-corrected chi connectivity index (χ2v) is 5.59. The fourth-order valence-electron chi connectivity index (χ4n) is 1.93. The molecular weight excluding hydrogens is 246 g/mol. The molecular formula is C13H17N3OS. The molecule has 0 saturated carbocycles. The molecule has 0 bridgehead atoms. The molecule has 2 aromatic rings. The van der Waals surface area contributed by atoms with Crippen LogP contribution in [-0.2, 0) is 5.54 Å². The van der Waals surface area contributed by atoms with E-state index in [-0.39, 0.29) is 5.54 Å². The van der Waals surface area contributed by atoms with Crippen molar-refractivity contribution in [3.63, 3.8) is 0 Å². The Morgan fingerprint density at radius 3 is 2.44 bits per heavy atom. The number of benzene rings is 1. The van der Waals surface area contributed by atoms with Gasteiger partial charge in [0, 0.05) is 5.54 Å².